The van der Waals surface area contributed by atoms with Crippen LogP contribution >= 0.6 is 0 Å². The Morgan fingerprint density at radius 2 is 1.41 bits per heavy atom. The Morgan fingerprint density at radius 1 is 0.781 bits per heavy atom. The van der Waals surface area contributed by atoms with Crippen molar-refractivity contribution < 1.29 is 19.1 Å². The highest BCUT2D eigenvalue weighted by molar-refractivity contribution is 6.22. The van der Waals surface area contributed by atoms with Gasteiger partial charge in [0.05, 0.1) is 39.5 Å². The Labute approximate surface area is 187 Å². The average Bonchev–Trinajstić information content (AvgIpc) is 3.10. The molecule has 162 valence electrons. The van der Waals surface area contributed by atoms with E-state index in [1.807, 2.05) is 12.1 Å². The molecule has 5 nitrogen and oxygen atoms in total. The standard InChI is InChI=1S/C27H27N2O3/c1-28-25-23-9-5-3-7-21(23)22-8-4-6-10-24(22)26(25)29(2)27(28)19-11-13-20(14-12-19)32-18-17-31-16-15-30/h3-14,30H,15-18H2,1-2H3/q+1. The highest BCUT2D eigenvalue weighted by Crippen LogP contribution is 2.35. The van der Waals surface area contributed by atoms with Crippen LogP contribution in [0.15, 0.2) is 72.8 Å². The van der Waals surface area contributed by atoms with E-state index in [9.17, 15) is 0 Å². The van der Waals surface area contributed by atoms with Gasteiger partial charge in [0.25, 0.3) is 5.82 Å². The molecule has 1 N–H and O–H groups in total. The van der Waals surface area contributed by atoms with E-state index in [2.05, 4.69) is 83.9 Å². The zero-order valence-corrected chi connectivity index (χ0v) is 18.4. The second-order valence-corrected chi connectivity index (χ2v) is 7.94. The van der Waals surface area contributed by atoms with Gasteiger partial charge in [-0.3, -0.25) is 0 Å². The molecule has 5 aromatic rings. The third kappa shape index (κ3) is 3.40. The maximum atomic E-state index is 8.77. The summed E-state index contributed by atoms with van der Waals surface area (Å²) < 4.78 is 15.6. The van der Waals surface area contributed by atoms with Gasteiger partial charge in [-0.15, -0.1) is 0 Å². The van der Waals surface area contributed by atoms with Crippen LogP contribution in [0.25, 0.3) is 44.0 Å². The molecule has 1 heterocycles. The summed E-state index contributed by atoms with van der Waals surface area (Å²) in [5.74, 6) is 1.94. The van der Waals surface area contributed by atoms with Crippen molar-refractivity contribution in [2.75, 3.05) is 26.4 Å². The Hall–Kier alpha value is -3.41. The Bertz CT molecular complexity index is 1330. The molecule has 1 aromatic heterocycles. The summed E-state index contributed by atoms with van der Waals surface area (Å²) in [6.45, 7) is 1.28. The van der Waals surface area contributed by atoms with Crippen molar-refractivity contribution in [2.45, 2.75) is 0 Å². The van der Waals surface area contributed by atoms with Crippen molar-refractivity contribution in [3.63, 3.8) is 0 Å². The van der Waals surface area contributed by atoms with Crippen molar-refractivity contribution in [3.8, 4) is 17.1 Å². The smallest absolute Gasteiger partial charge is 0.289 e. The van der Waals surface area contributed by atoms with Crippen molar-refractivity contribution >= 4 is 32.6 Å². The molecule has 0 aliphatic carbocycles. The van der Waals surface area contributed by atoms with Crippen LogP contribution in [0.4, 0.5) is 0 Å². The van der Waals surface area contributed by atoms with Gasteiger partial charge in [0.2, 0.25) is 0 Å². The lowest BCUT2D eigenvalue weighted by atomic mass is 10.00. The molecule has 0 radical (unpaired) electrons. The van der Waals surface area contributed by atoms with E-state index < -0.39 is 0 Å². The highest BCUT2D eigenvalue weighted by Gasteiger charge is 2.26. The fourth-order valence-corrected chi connectivity index (χ4v) is 4.69. The zero-order chi connectivity index (χ0) is 22.1. The number of aliphatic hydroxyl groups excluding tert-OH is 1. The number of aromatic nitrogens is 2. The first-order chi connectivity index (χ1) is 15.7. The monoisotopic (exact) mass is 427 g/mol. The maximum absolute atomic E-state index is 8.77. The van der Waals surface area contributed by atoms with Crippen molar-refractivity contribution in [2.24, 2.45) is 14.1 Å². The number of benzene rings is 4. The van der Waals surface area contributed by atoms with Crippen LogP contribution < -0.4 is 9.30 Å². The van der Waals surface area contributed by atoms with Gasteiger partial charge in [-0.25, -0.2) is 9.13 Å². The Morgan fingerprint density at radius 3 is 2.09 bits per heavy atom. The summed E-state index contributed by atoms with van der Waals surface area (Å²) in [5, 5.41) is 13.8. The van der Waals surface area contributed by atoms with E-state index in [-0.39, 0.29) is 6.61 Å². The molecule has 0 atom stereocenters. The van der Waals surface area contributed by atoms with Gasteiger partial charge < -0.3 is 14.6 Å². The Kier molecular flexibility index (Phi) is 5.52. The summed E-state index contributed by atoms with van der Waals surface area (Å²) in [4.78, 5) is 0. The fourth-order valence-electron chi connectivity index (χ4n) is 4.69. The minimum atomic E-state index is 0.0291. The van der Waals surface area contributed by atoms with Crippen molar-refractivity contribution in [3.05, 3.63) is 72.8 Å². The van der Waals surface area contributed by atoms with E-state index in [1.54, 1.807) is 0 Å². The molecule has 0 spiro atoms. The average molecular weight is 428 g/mol. The summed E-state index contributed by atoms with van der Waals surface area (Å²) in [6, 6.07) is 25.5. The fraction of sp³-hybridized carbons (Fsp3) is 0.222. The van der Waals surface area contributed by atoms with Crippen LogP contribution in [0.3, 0.4) is 0 Å². The lowest BCUT2D eigenvalue weighted by Crippen LogP contribution is -2.30. The molecule has 0 fully saturated rings. The van der Waals surface area contributed by atoms with Crippen molar-refractivity contribution in [1.82, 2.24) is 4.57 Å². The number of hydrogen-bond donors (Lipinski definition) is 1. The van der Waals surface area contributed by atoms with Gasteiger partial charge in [0, 0.05) is 10.8 Å². The molecule has 0 saturated carbocycles. The molecule has 0 aliphatic heterocycles. The first-order valence-corrected chi connectivity index (χ1v) is 10.9. The molecule has 0 saturated heterocycles. The third-order valence-electron chi connectivity index (χ3n) is 6.03. The SMILES string of the molecule is Cn1c(-c2ccc(OCCOCCO)cc2)[n+](C)c2c3ccccc3c3ccccc3c21. The van der Waals surface area contributed by atoms with E-state index in [0.29, 0.717) is 19.8 Å². The number of aryl methyl sites for hydroxylation is 2. The lowest BCUT2D eigenvalue weighted by molar-refractivity contribution is -0.633. The summed E-state index contributed by atoms with van der Waals surface area (Å²) in [6.07, 6.45) is 0. The number of ether oxygens (including phenoxy) is 2. The number of fused-ring (bicyclic) bond motifs is 6. The molecular formula is C27H27N2O3+. The third-order valence-corrected chi connectivity index (χ3v) is 6.03. The first-order valence-electron chi connectivity index (χ1n) is 10.9. The number of imidazole rings is 1. The summed E-state index contributed by atoms with van der Waals surface area (Å²) in [7, 11) is 4.28. The Balaban J connectivity index is 1.60. The van der Waals surface area contributed by atoms with Crippen LogP contribution in [0, 0.1) is 0 Å². The quantitative estimate of drug-likeness (QED) is 0.238. The summed E-state index contributed by atoms with van der Waals surface area (Å²) in [5.41, 5.74) is 3.60. The second-order valence-electron chi connectivity index (χ2n) is 7.94. The van der Waals surface area contributed by atoms with Gasteiger partial charge in [0.1, 0.15) is 12.4 Å². The van der Waals surface area contributed by atoms with E-state index in [1.165, 1.54) is 32.6 Å². The predicted octanol–water partition coefficient (Wildman–Crippen LogP) is 4.36. The van der Waals surface area contributed by atoms with Gasteiger partial charge in [-0.1, -0.05) is 36.4 Å². The number of rotatable bonds is 7. The molecule has 0 aliphatic rings. The molecule has 5 rings (SSSR count). The topological polar surface area (TPSA) is 47.5 Å². The van der Waals surface area contributed by atoms with Gasteiger partial charge >= 0.3 is 0 Å². The molecule has 0 unspecified atom stereocenters. The number of hydrogen-bond acceptors (Lipinski definition) is 3. The second kappa shape index (κ2) is 8.61. The normalized spacial score (nSPS) is 11.6. The van der Waals surface area contributed by atoms with Gasteiger partial charge in [-0.05, 0) is 47.2 Å². The van der Waals surface area contributed by atoms with Crippen LogP contribution in [0.2, 0.25) is 0 Å². The predicted molar refractivity (Wildman–Crippen MR) is 128 cm³/mol. The molecule has 32 heavy (non-hydrogen) atoms. The molecule has 4 aromatic carbocycles. The van der Waals surface area contributed by atoms with Gasteiger partial charge in [-0.2, -0.15) is 0 Å². The number of nitrogens with zero attached hydrogens (tertiary/aromatic N) is 2. The zero-order valence-electron chi connectivity index (χ0n) is 18.4. The number of aliphatic hydroxyl groups is 1. The first kappa shape index (κ1) is 20.5. The van der Waals surface area contributed by atoms with Crippen LogP contribution in [0.1, 0.15) is 0 Å². The van der Waals surface area contributed by atoms with Gasteiger partial charge in [0.15, 0.2) is 11.0 Å². The summed E-state index contributed by atoms with van der Waals surface area (Å²) >= 11 is 0. The molecule has 0 amide bonds. The van der Waals surface area contributed by atoms with Crippen LogP contribution in [0.5, 0.6) is 5.75 Å². The van der Waals surface area contributed by atoms with Crippen LogP contribution in [-0.2, 0) is 18.8 Å². The largest absolute Gasteiger partial charge is 0.491 e. The van der Waals surface area contributed by atoms with E-state index >= 15 is 0 Å². The molecular weight excluding hydrogens is 400 g/mol. The lowest BCUT2D eigenvalue weighted by Gasteiger charge is -2.07. The molecule has 5 heteroatoms. The maximum Gasteiger partial charge on any atom is 0.289 e. The molecule has 0 bridgehead atoms. The minimum absolute atomic E-state index is 0.0291. The van der Waals surface area contributed by atoms with E-state index in [0.717, 1.165) is 17.1 Å². The van der Waals surface area contributed by atoms with Crippen LogP contribution in [-0.4, -0.2) is 36.1 Å². The van der Waals surface area contributed by atoms with E-state index in [4.69, 9.17) is 14.6 Å². The van der Waals surface area contributed by atoms with Crippen molar-refractivity contribution in [1.29, 1.82) is 0 Å². The highest BCUT2D eigenvalue weighted by atomic mass is 16.5. The minimum Gasteiger partial charge on any atom is -0.491 e.